The summed E-state index contributed by atoms with van der Waals surface area (Å²) in [5.41, 5.74) is 0. The standard InChI is InChI=1S/C55H95NO5/c1-4-7-10-13-16-19-22-24-26-28-30-33-36-39-42-45-48-55(60)61-51(46-43-40-37-34-31-21-18-15-12-9-6-3)49-54(59)56-52(50-57)53(58)47-44-41-38-35-32-29-27-25-23-20-17-14-11-8-5-2/h7,9-10,12,15-16,18-19,21,24,26,31,34,37,51-53,57-58H,4-6,8,11,13-14,17,20,22-23,25,27-30,32-33,35-36,38-50H2,1-3H3,(H,56,59)/b10-7+,12-9+,18-15+,19-16+,26-24+,31-21-,37-34-. The Labute approximate surface area is 376 Å². The number of rotatable bonds is 44. The molecule has 61 heavy (non-hydrogen) atoms. The van der Waals surface area contributed by atoms with E-state index in [4.69, 9.17) is 4.74 Å². The number of hydrogen-bond donors (Lipinski definition) is 3. The summed E-state index contributed by atoms with van der Waals surface area (Å²) in [5.74, 6) is -0.561. The van der Waals surface area contributed by atoms with Crippen molar-refractivity contribution in [2.24, 2.45) is 0 Å². The first-order chi connectivity index (χ1) is 30.0. The number of carbonyl (C=O) groups is 2. The molecule has 0 aliphatic rings. The highest BCUT2D eigenvalue weighted by Gasteiger charge is 2.24. The van der Waals surface area contributed by atoms with Gasteiger partial charge in [-0.05, 0) is 70.6 Å². The first-order valence-electron chi connectivity index (χ1n) is 25.4. The van der Waals surface area contributed by atoms with Crippen LogP contribution in [-0.2, 0) is 14.3 Å². The number of nitrogens with one attached hydrogen (secondary N) is 1. The van der Waals surface area contributed by atoms with Crippen LogP contribution in [0.4, 0.5) is 0 Å². The molecule has 350 valence electrons. The Morgan fingerprint density at radius 2 is 0.984 bits per heavy atom. The highest BCUT2D eigenvalue weighted by Crippen LogP contribution is 2.17. The molecule has 0 fully saturated rings. The lowest BCUT2D eigenvalue weighted by Gasteiger charge is -2.24. The number of ether oxygens (including phenoxy) is 1. The molecule has 0 bridgehead atoms. The molecular formula is C55H95NO5. The zero-order chi connectivity index (χ0) is 44.5. The van der Waals surface area contributed by atoms with Crippen LogP contribution in [-0.4, -0.2) is 46.9 Å². The third-order valence-electron chi connectivity index (χ3n) is 11.1. The molecule has 0 aromatic rings. The van der Waals surface area contributed by atoms with Crippen molar-refractivity contribution in [3.63, 3.8) is 0 Å². The van der Waals surface area contributed by atoms with E-state index in [2.05, 4.69) is 74.7 Å². The van der Waals surface area contributed by atoms with Crippen LogP contribution in [0.2, 0.25) is 0 Å². The average molecular weight is 850 g/mol. The van der Waals surface area contributed by atoms with Crippen molar-refractivity contribution in [2.75, 3.05) is 6.61 Å². The predicted molar refractivity (Wildman–Crippen MR) is 264 cm³/mol. The van der Waals surface area contributed by atoms with Crippen LogP contribution in [0.1, 0.15) is 226 Å². The molecule has 3 unspecified atom stereocenters. The normalized spacial score (nSPS) is 14.0. The number of allylic oxidation sites excluding steroid dienone is 14. The van der Waals surface area contributed by atoms with E-state index < -0.39 is 18.2 Å². The third kappa shape index (κ3) is 43.5. The van der Waals surface area contributed by atoms with Gasteiger partial charge in [0, 0.05) is 6.42 Å². The van der Waals surface area contributed by atoms with Gasteiger partial charge >= 0.3 is 5.97 Å². The summed E-state index contributed by atoms with van der Waals surface area (Å²) in [6, 6.07) is -0.729. The number of hydrogen-bond acceptors (Lipinski definition) is 5. The van der Waals surface area contributed by atoms with E-state index in [-0.39, 0.29) is 24.9 Å². The minimum atomic E-state index is -0.811. The lowest BCUT2D eigenvalue weighted by atomic mass is 10.0. The molecule has 0 aromatic carbocycles. The Bertz CT molecular complexity index is 1180. The summed E-state index contributed by atoms with van der Waals surface area (Å²) in [6.45, 7) is 6.20. The first kappa shape index (κ1) is 58.0. The maximum Gasteiger partial charge on any atom is 0.306 e. The number of esters is 1. The molecule has 6 nitrogen and oxygen atoms in total. The second-order valence-electron chi connectivity index (χ2n) is 16.9. The zero-order valence-corrected chi connectivity index (χ0v) is 39.8. The molecule has 3 N–H and O–H groups in total. The third-order valence-corrected chi connectivity index (χ3v) is 11.1. The molecule has 0 radical (unpaired) electrons. The second-order valence-corrected chi connectivity index (χ2v) is 16.9. The van der Waals surface area contributed by atoms with E-state index >= 15 is 0 Å². The van der Waals surface area contributed by atoms with Gasteiger partial charge in [-0.2, -0.15) is 0 Å². The molecular weight excluding hydrogens is 755 g/mol. The summed E-state index contributed by atoms with van der Waals surface area (Å²) < 4.78 is 5.88. The summed E-state index contributed by atoms with van der Waals surface area (Å²) >= 11 is 0. The molecule has 0 aromatic heterocycles. The fourth-order valence-corrected chi connectivity index (χ4v) is 7.28. The first-order valence-corrected chi connectivity index (χ1v) is 25.4. The highest BCUT2D eigenvalue weighted by molar-refractivity contribution is 5.77. The molecule has 0 heterocycles. The molecule has 0 spiro atoms. The highest BCUT2D eigenvalue weighted by atomic mass is 16.5. The van der Waals surface area contributed by atoms with Crippen LogP contribution in [0.15, 0.2) is 85.1 Å². The summed E-state index contributed by atoms with van der Waals surface area (Å²) in [6.07, 6.45) is 62.2. The number of amides is 1. The smallest absolute Gasteiger partial charge is 0.306 e. The molecule has 0 aliphatic carbocycles. The van der Waals surface area contributed by atoms with Crippen molar-refractivity contribution in [3.05, 3.63) is 85.1 Å². The van der Waals surface area contributed by atoms with E-state index in [1.165, 1.54) is 96.3 Å². The molecule has 0 aliphatic heterocycles. The van der Waals surface area contributed by atoms with Gasteiger partial charge in [-0.15, -0.1) is 0 Å². The van der Waals surface area contributed by atoms with Crippen molar-refractivity contribution < 1.29 is 24.5 Å². The SMILES string of the molecule is CC/C=C/C=C/C=C\C=C/CCCC(CC(=O)NC(CO)C(O)CCCCCCCCCCCCCCCCC)OC(=O)CCCCCCCC/C=C/C/C=C/C/C=C/CC. The fraction of sp³-hybridized carbons (Fsp3) is 0.709. The Hall–Kier alpha value is -2.96. The molecule has 1 amide bonds. The largest absolute Gasteiger partial charge is 0.462 e. The van der Waals surface area contributed by atoms with Crippen molar-refractivity contribution in [3.8, 4) is 0 Å². The predicted octanol–water partition coefficient (Wildman–Crippen LogP) is 15.2. The topological polar surface area (TPSA) is 95.9 Å². The van der Waals surface area contributed by atoms with E-state index in [1.54, 1.807) is 0 Å². The number of unbranched alkanes of at least 4 members (excludes halogenated alkanes) is 21. The second kappa shape index (κ2) is 48.1. The van der Waals surface area contributed by atoms with Crippen molar-refractivity contribution >= 4 is 11.9 Å². The number of carbonyl (C=O) groups excluding carboxylic acids is 2. The molecule has 6 heteroatoms. The molecule has 0 saturated heterocycles. The van der Waals surface area contributed by atoms with E-state index in [0.29, 0.717) is 19.3 Å². The fourth-order valence-electron chi connectivity index (χ4n) is 7.28. The Kier molecular flexibility index (Phi) is 45.7. The molecule has 0 rings (SSSR count). The van der Waals surface area contributed by atoms with Gasteiger partial charge in [-0.1, -0.05) is 228 Å². The average Bonchev–Trinajstić information content (AvgIpc) is 3.25. The summed E-state index contributed by atoms with van der Waals surface area (Å²) in [4.78, 5) is 26.1. The van der Waals surface area contributed by atoms with Crippen LogP contribution < -0.4 is 5.32 Å². The number of aliphatic hydroxyl groups excluding tert-OH is 2. The Morgan fingerprint density at radius 3 is 1.56 bits per heavy atom. The van der Waals surface area contributed by atoms with Crippen molar-refractivity contribution in [2.45, 2.75) is 244 Å². The van der Waals surface area contributed by atoms with Gasteiger partial charge in [0.1, 0.15) is 6.10 Å². The van der Waals surface area contributed by atoms with Gasteiger partial charge in [-0.3, -0.25) is 9.59 Å². The monoisotopic (exact) mass is 850 g/mol. The molecule has 3 atom stereocenters. The Balaban J connectivity index is 4.61. The lowest BCUT2D eigenvalue weighted by molar-refractivity contribution is -0.151. The summed E-state index contributed by atoms with van der Waals surface area (Å²) in [7, 11) is 0. The minimum Gasteiger partial charge on any atom is -0.462 e. The lowest BCUT2D eigenvalue weighted by Crippen LogP contribution is -2.46. The van der Waals surface area contributed by atoms with Gasteiger partial charge in [0.15, 0.2) is 0 Å². The van der Waals surface area contributed by atoms with Crippen LogP contribution in [0.3, 0.4) is 0 Å². The van der Waals surface area contributed by atoms with E-state index in [0.717, 1.165) is 83.5 Å². The van der Waals surface area contributed by atoms with Crippen LogP contribution in [0, 0.1) is 0 Å². The maximum absolute atomic E-state index is 13.2. The minimum absolute atomic E-state index is 0.0225. The van der Waals surface area contributed by atoms with Crippen LogP contribution in [0.5, 0.6) is 0 Å². The maximum atomic E-state index is 13.2. The molecule has 0 saturated carbocycles. The quantitative estimate of drug-likeness (QED) is 0.0246. The van der Waals surface area contributed by atoms with Gasteiger partial charge in [0.2, 0.25) is 5.91 Å². The van der Waals surface area contributed by atoms with Gasteiger partial charge in [0.05, 0.1) is 25.2 Å². The van der Waals surface area contributed by atoms with Crippen LogP contribution >= 0.6 is 0 Å². The van der Waals surface area contributed by atoms with Gasteiger partial charge < -0.3 is 20.3 Å². The van der Waals surface area contributed by atoms with Gasteiger partial charge in [0.25, 0.3) is 0 Å². The van der Waals surface area contributed by atoms with E-state index in [9.17, 15) is 19.8 Å². The van der Waals surface area contributed by atoms with E-state index in [1.807, 2.05) is 36.5 Å². The van der Waals surface area contributed by atoms with Gasteiger partial charge in [-0.25, -0.2) is 0 Å². The summed E-state index contributed by atoms with van der Waals surface area (Å²) in [5, 5.41) is 23.7. The van der Waals surface area contributed by atoms with Crippen LogP contribution in [0.25, 0.3) is 0 Å². The van der Waals surface area contributed by atoms with Crippen molar-refractivity contribution in [1.29, 1.82) is 0 Å². The number of aliphatic hydroxyl groups is 2. The Morgan fingerprint density at radius 1 is 0.508 bits per heavy atom. The zero-order valence-electron chi connectivity index (χ0n) is 39.8. The van der Waals surface area contributed by atoms with Crippen molar-refractivity contribution in [1.82, 2.24) is 5.32 Å².